The van der Waals surface area contributed by atoms with Gasteiger partial charge in [-0.15, -0.1) is 0 Å². The van der Waals surface area contributed by atoms with Gasteiger partial charge in [-0.25, -0.2) is 4.39 Å². The summed E-state index contributed by atoms with van der Waals surface area (Å²) >= 11 is 0. The Morgan fingerprint density at radius 1 is 0.929 bits per heavy atom. The van der Waals surface area contributed by atoms with E-state index in [1.165, 1.54) is 18.2 Å². The van der Waals surface area contributed by atoms with E-state index in [2.05, 4.69) is 10.6 Å². The van der Waals surface area contributed by atoms with E-state index >= 15 is 0 Å². The highest BCUT2D eigenvalue weighted by molar-refractivity contribution is 5.98. The van der Waals surface area contributed by atoms with E-state index < -0.39 is 11.7 Å². The third kappa shape index (κ3) is 6.50. The molecule has 7 heteroatoms. The fourth-order valence-electron chi connectivity index (χ4n) is 2.48. The minimum Gasteiger partial charge on any atom is -0.494 e. The van der Waals surface area contributed by atoms with Crippen LogP contribution in [0.3, 0.4) is 0 Å². The van der Waals surface area contributed by atoms with Crippen molar-refractivity contribution in [1.29, 1.82) is 0 Å². The standard InChI is InChI=1S/C21H23FN2O4/c1-2-28-16-9-7-15(8-10-16)19(25)11-12-20(26)23-13-14-24-21(27)17-5-3-4-6-18(17)22/h3-10H,2,11-14H2,1H3,(H,23,26)(H,24,27). The van der Waals surface area contributed by atoms with E-state index in [1.54, 1.807) is 30.3 Å². The molecule has 0 aromatic heterocycles. The quantitative estimate of drug-likeness (QED) is 0.486. The Hall–Kier alpha value is -3.22. The molecule has 28 heavy (non-hydrogen) atoms. The van der Waals surface area contributed by atoms with Crippen molar-refractivity contribution in [2.75, 3.05) is 19.7 Å². The van der Waals surface area contributed by atoms with Gasteiger partial charge in [-0.05, 0) is 43.3 Å². The molecular weight excluding hydrogens is 363 g/mol. The molecule has 0 aliphatic heterocycles. The summed E-state index contributed by atoms with van der Waals surface area (Å²) in [6.07, 6.45) is 0.134. The third-order valence-electron chi connectivity index (χ3n) is 3.92. The van der Waals surface area contributed by atoms with Crippen LogP contribution in [0.5, 0.6) is 5.75 Å². The van der Waals surface area contributed by atoms with Crippen molar-refractivity contribution in [2.24, 2.45) is 0 Å². The van der Waals surface area contributed by atoms with Crippen molar-refractivity contribution in [3.05, 3.63) is 65.5 Å². The molecule has 2 aromatic carbocycles. The fraction of sp³-hybridized carbons (Fsp3) is 0.286. The summed E-state index contributed by atoms with van der Waals surface area (Å²) in [6.45, 7) is 2.78. The number of nitrogens with one attached hydrogen (secondary N) is 2. The second-order valence-corrected chi connectivity index (χ2v) is 5.97. The number of hydrogen-bond acceptors (Lipinski definition) is 4. The zero-order valence-electron chi connectivity index (χ0n) is 15.7. The Morgan fingerprint density at radius 3 is 2.29 bits per heavy atom. The molecule has 2 rings (SSSR count). The van der Waals surface area contributed by atoms with Gasteiger partial charge in [0.05, 0.1) is 12.2 Å². The van der Waals surface area contributed by atoms with Crippen LogP contribution in [0.4, 0.5) is 4.39 Å². The van der Waals surface area contributed by atoms with Gasteiger partial charge in [-0.2, -0.15) is 0 Å². The molecule has 0 radical (unpaired) electrons. The third-order valence-corrected chi connectivity index (χ3v) is 3.92. The van der Waals surface area contributed by atoms with Crippen LogP contribution in [0.2, 0.25) is 0 Å². The molecule has 0 aliphatic carbocycles. The molecule has 0 bridgehead atoms. The minimum atomic E-state index is -0.600. The predicted molar refractivity (Wildman–Crippen MR) is 103 cm³/mol. The highest BCUT2D eigenvalue weighted by atomic mass is 19.1. The average Bonchev–Trinajstić information content (AvgIpc) is 2.70. The number of ether oxygens (including phenoxy) is 1. The first-order valence-corrected chi connectivity index (χ1v) is 9.06. The number of rotatable bonds is 10. The molecule has 0 aliphatic rings. The van der Waals surface area contributed by atoms with Crippen molar-refractivity contribution in [3.63, 3.8) is 0 Å². The summed E-state index contributed by atoms with van der Waals surface area (Å²) in [6, 6.07) is 12.4. The maximum Gasteiger partial charge on any atom is 0.254 e. The Labute approximate surface area is 163 Å². The number of Topliss-reactive ketones (excluding diaryl/α,β-unsaturated/α-hetero) is 1. The molecule has 0 spiro atoms. The fourth-order valence-corrected chi connectivity index (χ4v) is 2.48. The number of amides is 2. The largest absolute Gasteiger partial charge is 0.494 e. The molecule has 0 unspecified atom stereocenters. The van der Waals surface area contributed by atoms with Crippen LogP contribution >= 0.6 is 0 Å². The predicted octanol–water partition coefficient (Wildman–Crippen LogP) is 2.73. The lowest BCUT2D eigenvalue weighted by molar-refractivity contribution is -0.121. The molecule has 0 atom stereocenters. The summed E-state index contributed by atoms with van der Waals surface area (Å²) in [5.41, 5.74) is 0.475. The molecule has 2 N–H and O–H groups in total. The Bertz CT molecular complexity index is 821. The van der Waals surface area contributed by atoms with E-state index in [0.717, 1.165) is 0 Å². The smallest absolute Gasteiger partial charge is 0.254 e. The van der Waals surface area contributed by atoms with Crippen molar-refractivity contribution < 1.29 is 23.5 Å². The molecule has 2 amide bonds. The maximum atomic E-state index is 13.5. The van der Waals surface area contributed by atoms with Crippen molar-refractivity contribution >= 4 is 17.6 Å². The Balaban J connectivity index is 1.66. The minimum absolute atomic E-state index is 0.0465. The first-order valence-electron chi connectivity index (χ1n) is 9.06. The lowest BCUT2D eigenvalue weighted by atomic mass is 10.1. The van der Waals surface area contributed by atoms with Gasteiger partial charge in [0.25, 0.3) is 5.91 Å². The maximum absolute atomic E-state index is 13.5. The lowest BCUT2D eigenvalue weighted by Gasteiger charge is -2.08. The second kappa shape index (κ2) is 10.8. The normalized spacial score (nSPS) is 10.2. The van der Waals surface area contributed by atoms with Crippen molar-refractivity contribution in [1.82, 2.24) is 10.6 Å². The van der Waals surface area contributed by atoms with Crippen LogP contribution in [0.1, 0.15) is 40.5 Å². The van der Waals surface area contributed by atoms with Crippen LogP contribution in [0.25, 0.3) is 0 Å². The van der Waals surface area contributed by atoms with E-state index in [0.29, 0.717) is 17.9 Å². The number of halogens is 1. The van der Waals surface area contributed by atoms with Gasteiger partial charge in [-0.3, -0.25) is 14.4 Å². The molecule has 0 heterocycles. The average molecular weight is 386 g/mol. The van der Waals surface area contributed by atoms with E-state index in [9.17, 15) is 18.8 Å². The number of benzene rings is 2. The number of hydrogen-bond donors (Lipinski definition) is 2. The van der Waals surface area contributed by atoms with E-state index in [1.807, 2.05) is 6.92 Å². The topological polar surface area (TPSA) is 84.5 Å². The van der Waals surface area contributed by atoms with E-state index in [4.69, 9.17) is 4.74 Å². The van der Waals surface area contributed by atoms with Crippen LogP contribution in [-0.4, -0.2) is 37.3 Å². The zero-order valence-corrected chi connectivity index (χ0v) is 15.7. The van der Waals surface area contributed by atoms with Gasteiger partial charge in [0.15, 0.2) is 5.78 Å². The van der Waals surface area contributed by atoms with Gasteiger partial charge >= 0.3 is 0 Å². The van der Waals surface area contributed by atoms with Gasteiger partial charge in [0.1, 0.15) is 11.6 Å². The van der Waals surface area contributed by atoms with E-state index in [-0.39, 0.29) is 43.2 Å². The van der Waals surface area contributed by atoms with Gasteiger partial charge in [-0.1, -0.05) is 12.1 Å². The highest BCUT2D eigenvalue weighted by Gasteiger charge is 2.11. The number of ketones is 1. The summed E-state index contributed by atoms with van der Waals surface area (Å²) in [5, 5.41) is 5.15. The molecule has 2 aromatic rings. The van der Waals surface area contributed by atoms with Crippen LogP contribution in [0, 0.1) is 5.82 Å². The van der Waals surface area contributed by atoms with Crippen LogP contribution < -0.4 is 15.4 Å². The number of carbonyl (C=O) groups excluding carboxylic acids is 3. The summed E-state index contributed by atoms with van der Waals surface area (Å²) in [7, 11) is 0. The molecule has 0 saturated heterocycles. The van der Waals surface area contributed by atoms with Gasteiger partial charge in [0.2, 0.25) is 5.91 Å². The van der Waals surface area contributed by atoms with Crippen molar-refractivity contribution in [2.45, 2.75) is 19.8 Å². The first kappa shape index (κ1) is 21.1. The van der Waals surface area contributed by atoms with Crippen LogP contribution in [0.15, 0.2) is 48.5 Å². The second-order valence-electron chi connectivity index (χ2n) is 5.97. The summed E-state index contributed by atoms with van der Waals surface area (Å²) in [5.74, 6) is -0.880. The molecule has 148 valence electrons. The van der Waals surface area contributed by atoms with Gasteiger partial charge in [0, 0.05) is 31.5 Å². The monoisotopic (exact) mass is 386 g/mol. The zero-order chi connectivity index (χ0) is 20.4. The SMILES string of the molecule is CCOc1ccc(C(=O)CCC(=O)NCCNC(=O)c2ccccc2F)cc1. The molecule has 6 nitrogen and oxygen atoms in total. The first-order chi connectivity index (χ1) is 13.5. The molecule has 0 fully saturated rings. The van der Waals surface area contributed by atoms with Gasteiger partial charge < -0.3 is 15.4 Å². The summed E-state index contributed by atoms with van der Waals surface area (Å²) < 4.78 is 18.8. The summed E-state index contributed by atoms with van der Waals surface area (Å²) in [4.78, 5) is 35.8. The Kier molecular flexibility index (Phi) is 8.14. The molecule has 0 saturated carbocycles. The highest BCUT2D eigenvalue weighted by Crippen LogP contribution is 2.14. The molecular formula is C21H23FN2O4. The Morgan fingerprint density at radius 2 is 1.61 bits per heavy atom. The van der Waals surface area contributed by atoms with Crippen molar-refractivity contribution in [3.8, 4) is 5.75 Å². The van der Waals surface area contributed by atoms with Crippen LogP contribution in [-0.2, 0) is 4.79 Å². The number of carbonyl (C=O) groups is 3. The lowest BCUT2D eigenvalue weighted by Crippen LogP contribution is -2.35.